The number of hydrogen-bond acceptors (Lipinski definition) is 3. The Morgan fingerprint density at radius 3 is 2.41 bits per heavy atom. The first-order valence-electron chi connectivity index (χ1n) is 9.85. The molecule has 2 aromatic carbocycles. The van der Waals surface area contributed by atoms with E-state index in [4.69, 9.17) is 28.6 Å². The normalized spacial score (nSPS) is 10.7. The zero-order valence-electron chi connectivity index (χ0n) is 16.6. The molecule has 0 aliphatic carbocycles. The molecule has 154 valence electrons. The van der Waals surface area contributed by atoms with Gasteiger partial charge in [-0.1, -0.05) is 56.3 Å². The highest BCUT2D eigenvalue weighted by Gasteiger charge is 2.02. The third-order valence-electron chi connectivity index (χ3n) is 4.16. The third-order valence-corrected chi connectivity index (χ3v) is 4.62. The number of carbonyl (C=O) groups is 1. The average Bonchev–Trinajstić information content (AvgIpc) is 2.71. The van der Waals surface area contributed by atoms with Crippen LogP contribution in [0.15, 0.2) is 54.6 Å². The van der Waals surface area contributed by atoms with Gasteiger partial charge in [-0.15, -0.1) is 0 Å². The lowest BCUT2D eigenvalue weighted by Gasteiger charge is -2.10. The Bertz CT molecular complexity index is 805. The van der Waals surface area contributed by atoms with Crippen molar-refractivity contribution in [2.24, 2.45) is 0 Å². The van der Waals surface area contributed by atoms with Crippen molar-refractivity contribution >= 4 is 46.6 Å². The second-order valence-electron chi connectivity index (χ2n) is 6.62. The van der Waals surface area contributed by atoms with E-state index in [1.807, 2.05) is 36.4 Å². The van der Waals surface area contributed by atoms with Gasteiger partial charge >= 0.3 is 0 Å². The molecule has 0 fully saturated rings. The van der Waals surface area contributed by atoms with Crippen LogP contribution in [0.1, 0.15) is 44.6 Å². The summed E-state index contributed by atoms with van der Waals surface area (Å²) in [7, 11) is 0. The van der Waals surface area contributed by atoms with Crippen molar-refractivity contribution in [3.63, 3.8) is 0 Å². The maximum atomic E-state index is 12.0. The number of ether oxygens (including phenoxy) is 1. The van der Waals surface area contributed by atoms with Gasteiger partial charge in [-0.05, 0) is 66.7 Å². The fourth-order valence-corrected chi connectivity index (χ4v) is 2.94. The molecule has 29 heavy (non-hydrogen) atoms. The van der Waals surface area contributed by atoms with Crippen molar-refractivity contribution in [1.29, 1.82) is 0 Å². The van der Waals surface area contributed by atoms with E-state index in [2.05, 4.69) is 17.6 Å². The number of rotatable bonds is 10. The van der Waals surface area contributed by atoms with Gasteiger partial charge in [-0.3, -0.25) is 10.1 Å². The van der Waals surface area contributed by atoms with E-state index in [0.717, 1.165) is 30.0 Å². The summed E-state index contributed by atoms with van der Waals surface area (Å²) in [5, 5.41) is 6.50. The molecule has 2 aromatic rings. The molecular formula is C23H27ClN2O2S. The second kappa shape index (κ2) is 13.0. The van der Waals surface area contributed by atoms with Gasteiger partial charge in [0.1, 0.15) is 5.75 Å². The molecule has 1 amide bonds. The van der Waals surface area contributed by atoms with Gasteiger partial charge in [0.25, 0.3) is 0 Å². The van der Waals surface area contributed by atoms with Crippen LogP contribution in [0.4, 0.5) is 5.69 Å². The van der Waals surface area contributed by atoms with E-state index < -0.39 is 0 Å². The molecule has 0 spiro atoms. The minimum Gasteiger partial charge on any atom is -0.494 e. The van der Waals surface area contributed by atoms with Crippen LogP contribution in [0.25, 0.3) is 6.08 Å². The monoisotopic (exact) mass is 430 g/mol. The largest absolute Gasteiger partial charge is 0.494 e. The summed E-state index contributed by atoms with van der Waals surface area (Å²) >= 11 is 11.0. The molecule has 2 N–H and O–H groups in total. The standard InChI is InChI=1S/C23H27ClN2O2S/c1-2-3-4-5-6-17-28-21-14-12-20(13-15-21)25-23(29)26-22(27)16-9-18-7-10-19(24)11-8-18/h7-16H,2-6,17H2,1H3,(H2,25,26,27,29)/b16-9+. The van der Waals surface area contributed by atoms with Crippen molar-refractivity contribution in [2.75, 3.05) is 11.9 Å². The summed E-state index contributed by atoms with van der Waals surface area (Å²) in [6.45, 7) is 2.94. The zero-order valence-corrected chi connectivity index (χ0v) is 18.2. The second-order valence-corrected chi connectivity index (χ2v) is 7.46. The molecule has 0 aliphatic rings. The van der Waals surface area contributed by atoms with E-state index in [-0.39, 0.29) is 11.0 Å². The lowest BCUT2D eigenvalue weighted by Crippen LogP contribution is -2.32. The van der Waals surface area contributed by atoms with Gasteiger partial charge in [0, 0.05) is 16.8 Å². The molecular weight excluding hydrogens is 404 g/mol. The van der Waals surface area contributed by atoms with Crippen LogP contribution in [-0.4, -0.2) is 17.6 Å². The van der Waals surface area contributed by atoms with Crippen LogP contribution in [0, 0.1) is 0 Å². The average molecular weight is 431 g/mol. The number of hydrogen-bond donors (Lipinski definition) is 2. The lowest BCUT2D eigenvalue weighted by atomic mass is 10.2. The van der Waals surface area contributed by atoms with Crippen LogP contribution in [0.5, 0.6) is 5.75 Å². The first kappa shape index (κ1) is 22.9. The van der Waals surface area contributed by atoms with E-state index in [9.17, 15) is 4.79 Å². The number of carbonyl (C=O) groups excluding carboxylic acids is 1. The number of halogens is 1. The Balaban J connectivity index is 1.71. The van der Waals surface area contributed by atoms with Crippen LogP contribution in [0.2, 0.25) is 5.02 Å². The first-order valence-corrected chi connectivity index (χ1v) is 10.6. The molecule has 0 aliphatic heterocycles. The molecule has 0 saturated carbocycles. The number of nitrogens with one attached hydrogen (secondary N) is 2. The minimum atomic E-state index is -0.305. The van der Waals surface area contributed by atoms with Crippen molar-refractivity contribution in [3.05, 3.63) is 65.2 Å². The predicted molar refractivity (Wildman–Crippen MR) is 126 cm³/mol. The summed E-state index contributed by atoms with van der Waals surface area (Å²) in [6, 6.07) is 14.7. The number of amides is 1. The van der Waals surface area contributed by atoms with Crippen LogP contribution in [0.3, 0.4) is 0 Å². The molecule has 0 unspecified atom stereocenters. The highest BCUT2D eigenvalue weighted by molar-refractivity contribution is 7.80. The number of benzene rings is 2. The zero-order chi connectivity index (χ0) is 20.9. The summed E-state index contributed by atoms with van der Waals surface area (Å²) in [4.78, 5) is 12.0. The Labute approximate surface area is 183 Å². The topological polar surface area (TPSA) is 50.4 Å². The maximum absolute atomic E-state index is 12.0. The summed E-state index contributed by atoms with van der Waals surface area (Å²) in [5.41, 5.74) is 1.66. The van der Waals surface area contributed by atoms with Crippen LogP contribution >= 0.6 is 23.8 Å². The van der Waals surface area contributed by atoms with Gasteiger partial charge in [-0.25, -0.2) is 0 Å². The molecule has 2 rings (SSSR count). The number of anilines is 1. The van der Waals surface area contributed by atoms with Crippen LogP contribution in [-0.2, 0) is 4.79 Å². The highest BCUT2D eigenvalue weighted by Crippen LogP contribution is 2.16. The smallest absolute Gasteiger partial charge is 0.250 e. The summed E-state index contributed by atoms with van der Waals surface area (Å²) in [5.74, 6) is 0.521. The van der Waals surface area contributed by atoms with E-state index in [0.29, 0.717) is 5.02 Å². The van der Waals surface area contributed by atoms with Gasteiger partial charge < -0.3 is 10.1 Å². The molecule has 0 bridgehead atoms. The van der Waals surface area contributed by atoms with Gasteiger partial charge in [0.15, 0.2) is 5.11 Å². The van der Waals surface area contributed by atoms with Crippen LogP contribution < -0.4 is 15.4 Å². The van der Waals surface area contributed by atoms with Gasteiger partial charge in [0.2, 0.25) is 5.91 Å². The number of thiocarbonyl (C=S) groups is 1. The molecule has 0 aromatic heterocycles. The summed E-state index contributed by atoms with van der Waals surface area (Å²) < 4.78 is 5.74. The van der Waals surface area contributed by atoms with E-state index >= 15 is 0 Å². The molecule has 0 saturated heterocycles. The molecule has 0 heterocycles. The van der Waals surface area contributed by atoms with E-state index in [1.54, 1.807) is 18.2 Å². The lowest BCUT2D eigenvalue weighted by molar-refractivity contribution is -0.115. The quantitative estimate of drug-likeness (QED) is 0.267. The molecule has 4 nitrogen and oxygen atoms in total. The first-order chi connectivity index (χ1) is 14.1. The fourth-order valence-electron chi connectivity index (χ4n) is 2.59. The molecule has 0 atom stereocenters. The maximum Gasteiger partial charge on any atom is 0.250 e. The molecule has 6 heteroatoms. The van der Waals surface area contributed by atoms with Gasteiger partial charge in [-0.2, -0.15) is 0 Å². The van der Waals surface area contributed by atoms with Gasteiger partial charge in [0.05, 0.1) is 6.61 Å². The van der Waals surface area contributed by atoms with Crippen molar-refractivity contribution < 1.29 is 9.53 Å². The Morgan fingerprint density at radius 2 is 1.72 bits per heavy atom. The third kappa shape index (κ3) is 9.59. The van der Waals surface area contributed by atoms with E-state index in [1.165, 1.54) is 31.8 Å². The van der Waals surface area contributed by atoms with Crippen molar-refractivity contribution in [1.82, 2.24) is 5.32 Å². The highest BCUT2D eigenvalue weighted by atomic mass is 35.5. The Kier molecular flexibility index (Phi) is 10.2. The Morgan fingerprint density at radius 1 is 1.03 bits per heavy atom. The summed E-state index contributed by atoms with van der Waals surface area (Å²) in [6.07, 6.45) is 9.19. The van der Waals surface area contributed by atoms with Crippen molar-refractivity contribution in [3.8, 4) is 5.75 Å². The SMILES string of the molecule is CCCCCCCOc1ccc(NC(=S)NC(=O)/C=C/c2ccc(Cl)cc2)cc1. The predicted octanol–water partition coefficient (Wildman–Crippen LogP) is 6.22. The minimum absolute atomic E-state index is 0.236. The van der Waals surface area contributed by atoms with Crippen molar-refractivity contribution in [2.45, 2.75) is 39.0 Å². The molecule has 0 radical (unpaired) electrons. The fraction of sp³-hybridized carbons (Fsp3) is 0.304. The number of unbranched alkanes of at least 4 members (excludes halogenated alkanes) is 4. The Hall–Kier alpha value is -2.37.